The van der Waals surface area contributed by atoms with Gasteiger partial charge in [0, 0.05) is 19.3 Å². The molecule has 108 valence electrons. The number of hydrogen-bond acceptors (Lipinski definition) is 5. The summed E-state index contributed by atoms with van der Waals surface area (Å²) in [7, 11) is 0. The Morgan fingerprint density at radius 1 is 1.19 bits per heavy atom. The van der Waals surface area contributed by atoms with Crippen molar-refractivity contribution in [2.45, 2.75) is 31.7 Å². The Morgan fingerprint density at radius 3 is 2.81 bits per heavy atom. The summed E-state index contributed by atoms with van der Waals surface area (Å²) < 4.78 is 7.48. The van der Waals surface area contributed by atoms with E-state index in [2.05, 4.69) is 51.8 Å². The van der Waals surface area contributed by atoms with Crippen molar-refractivity contribution in [2.75, 3.05) is 0 Å². The third kappa shape index (κ3) is 3.00. The van der Waals surface area contributed by atoms with E-state index in [1.165, 1.54) is 11.1 Å². The lowest BCUT2D eigenvalue weighted by atomic mass is 10.1. The van der Waals surface area contributed by atoms with E-state index < -0.39 is 0 Å². The zero-order chi connectivity index (χ0) is 14.8. The first-order valence-corrected chi connectivity index (χ1v) is 7.65. The average molecular weight is 300 g/mol. The molecule has 2 aromatic heterocycles. The van der Waals surface area contributed by atoms with Crippen LogP contribution in [0.3, 0.4) is 0 Å². The van der Waals surface area contributed by atoms with Gasteiger partial charge >= 0.3 is 0 Å². The van der Waals surface area contributed by atoms with Crippen LogP contribution in [-0.2, 0) is 5.75 Å². The van der Waals surface area contributed by atoms with Crippen LogP contribution in [0, 0.1) is 20.8 Å². The Labute approximate surface area is 127 Å². The van der Waals surface area contributed by atoms with Crippen molar-refractivity contribution in [1.29, 1.82) is 0 Å². The largest absolute Gasteiger partial charge is 0.425 e. The van der Waals surface area contributed by atoms with Crippen molar-refractivity contribution in [3.8, 4) is 5.69 Å². The van der Waals surface area contributed by atoms with Gasteiger partial charge < -0.3 is 4.42 Å². The Morgan fingerprint density at radius 2 is 2.05 bits per heavy atom. The van der Waals surface area contributed by atoms with Gasteiger partial charge in [0.1, 0.15) is 0 Å². The minimum absolute atomic E-state index is 0.587. The first-order valence-electron chi connectivity index (χ1n) is 6.66. The zero-order valence-corrected chi connectivity index (χ0v) is 13.0. The molecule has 0 aliphatic rings. The second-order valence-corrected chi connectivity index (χ2v) is 5.82. The smallest absolute Gasteiger partial charge is 0.226 e. The maximum atomic E-state index is 5.39. The van der Waals surface area contributed by atoms with Crippen LogP contribution in [0.25, 0.3) is 5.69 Å². The van der Waals surface area contributed by atoms with Crippen molar-refractivity contribution >= 4 is 11.8 Å². The molecule has 0 spiro atoms. The summed E-state index contributed by atoms with van der Waals surface area (Å²) in [5.41, 5.74) is 3.60. The summed E-state index contributed by atoms with van der Waals surface area (Å²) >= 11 is 1.59. The summed E-state index contributed by atoms with van der Waals surface area (Å²) in [5, 5.41) is 8.76. The van der Waals surface area contributed by atoms with E-state index in [4.69, 9.17) is 4.42 Å². The topological polar surface area (TPSA) is 56.7 Å². The lowest BCUT2D eigenvalue weighted by Crippen LogP contribution is -1.98. The highest BCUT2D eigenvalue weighted by Crippen LogP contribution is 2.25. The molecule has 6 heteroatoms. The lowest BCUT2D eigenvalue weighted by molar-refractivity contribution is 0.485. The number of hydrogen-bond donors (Lipinski definition) is 0. The van der Waals surface area contributed by atoms with Crippen molar-refractivity contribution < 1.29 is 4.42 Å². The van der Waals surface area contributed by atoms with Gasteiger partial charge in [0.05, 0.1) is 11.4 Å². The van der Waals surface area contributed by atoms with Crippen LogP contribution >= 0.6 is 11.8 Å². The molecule has 0 unspecified atom stereocenters. The van der Waals surface area contributed by atoms with Crippen molar-refractivity contribution in [3.63, 3.8) is 0 Å². The van der Waals surface area contributed by atoms with Crippen LogP contribution in [0.1, 0.15) is 22.9 Å². The SMILES string of the molecule is Cc1ccc(C)c(-n2ccnc2SCc2nnc(C)o2)c1. The van der Waals surface area contributed by atoms with Crippen molar-refractivity contribution in [2.24, 2.45) is 0 Å². The number of imidazole rings is 1. The Hall–Kier alpha value is -2.08. The van der Waals surface area contributed by atoms with Gasteiger partial charge in [0.25, 0.3) is 0 Å². The molecule has 0 saturated carbocycles. The van der Waals surface area contributed by atoms with Gasteiger partial charge in [-0.25, -0.2) is 4.98 Å². The maximum Gasteiger partial charge on any atom is 0.226 e. The highest BCUT2D eigenvalue weighted by atomic mass is 32.2. The van der Waals surface area contributed by atoms with E-state index in [1.54, 1.807) is 18.7 Å². The van der Waals surface area contributed by atoms with Gasteiger partial charge in [0.15, 0.2) is 5.16 Å². The van der Waals surface area contributed by atoms with E-state index in [-0.39, 0.29) is 0 Å². The molecule has 0 saturated heterocycles. The molecule has 0 atom stereocenters. The highest BCUT2D eigenvalue weighted by molar-refractivity contribution is 7.98. The number of nitrogens with zero attached hydrogens (tertiary/aromatic N) is 4. The van der Waals surface area contributed by atoms with Gasteiger partial charge in [-0.1, -0.05) is 23.9 Å². The number of aromatic nitrogens is 4. The number of rotatable bonds is 4. The monoisotopic (exact) mass is 300 g/mol. The Kier molecular flexibility index (Phi) is 3.79. The average Bonchev–Trinajstić information content (AvgIpc) is 3.08. The summed E-state index contributed by atoms with van der Waals surface area (Å²) in [4.78, 5) is 4.42. The minimum Gasteiger partial charge on any atom is -0.425 e. The molecule has 0 N–H and O–H groups in total. The first-order chi connectivity index (χ1) is 10.1. The van der Waals surface area contributed by atoms with E-state index in [0.29, 0.717) is 17.5 Å². The minimum atomic E-state index is 0.587. The van der Waals surface area contributed by atoms with E-state index in [0.717, 1.165) is 10.8 Å². The van der Waals surface area contributed by atoms with Crippen LogP contribution in [-0.4, -0.2) is 19.7 Å². The van der Waals surface area contributed by atoms with Gasteiger partial charge in [-0.2, -0.15) is 0 Å². The van der Waals surface area contributed by atoms with Crippen LogP contribution in [0.2, 0.25) is 0 Å². The fourth-order valence-corrected chi connectivity index (χ4v) is 2.88. The maximum absolute atomic E-state index is 5.39. The molecule has 0 fully saturated rings. The summed E-state index contributed by atoms with van der Waals surface area (Å²) in [6, 6.07) is 6.40. The first kappa shape index (κ1) is 13.9. The lowest BCUT2D eigenvalue weighted by Gasteiger charge is -2.10. The predicted molar refractivity (Wildman–Crippen MR) is 81.6 cm³/mol. The van der Waals surface area contributed by atoms with Crippen LogP contribution < -0.4 is 0 Å². The molecular formula is C15H16N4OS. The Balaban J connectivity index is 1.85. The molecule has 0 amide bonds. The van der Waals surface area contributed by atoms with Gasteiger partial charge in [-0.3, -0.25) is 4.57 Å². The number of thioether (sulfide) groups is 1. The fraction of sp³-hybridized carbons (Fsp3) is 0.267. The van der Waals surface area contributed by atoms with E-state index in [9.17, 15) is 0 Å². The standard InChI is InChI=1S/C15H16N4OS/c1-10-4-5-11(2)13(8-10)19-7-6-16-15(19)21-9-14-18-17-12(3)20-14/h4-8H,9H2,1-3H3. The summed E-state index contributed by atoms with van der Waals surface area (Å²) in [5.74, 6) is 1.82. The van der Waals surface area contributed by atoms with Crippen molar-refractivity contribution in [3.05, 3.63) is 53.5 Å². The molecule has 3 aromatic rings. The molecule has 2 heterocycles. The van der Waals surface area contributed by atoms with Crippen molar-refractivity contribution in [1.82, 2.24) is 19.7 Å². The third-order valence-electron chi connectivity index (χ3n) is 3.12. The Bertz CT molecular complexity index is 763. The van der Waals surface area contributed by atoms with E-state index >= 15 is 0 Å². The van der Waals surface area contributed by atoms with Crippen LogP contribution in [0.15, 0.2) is 40.2 Å². The second-order valence-electron chi connectivity index (χ2n) is 4.87. The molecule has 0 radical (unpaired) electrons. The highest BCUT2D eigenvalue weighted by Gasteiger charge is 2.10. The normalized spacial score (nSPS) is 11.0. The van der Waals surface area contributed by atoms with Crippen LogP contribution in [0.4, 0.5) is 0 Å². The van der Waals surface area contributed by atoms with Gasteiger partial charge in [-0.05, 0) is 31.0 Å². The second kappa shape index (κ2) is 5.73. The quantitative estimate of drug-likeness (QED) is 0.690. The number of benzene rings is 1. The third-order valence-corrected chi connectivity index (χ3v) is 4.08. The molecule has 0 aliphatic heterocycles. The molecule has 21 heavy (non-hydrogen) atoms. The summed E-state index contributed by atoms with van der Waals surface area (Å²) in [6.07, 6.45) is 3.78. The predicted octanol–water partition coefficient (Wildman–Crippen LogP) is 3.47. The van der Waals surface area contributed by atoms with E-state index in [1.807, 2.05) is 12.4 Å². The molecule has 0 aliphatic carbocycles. The molecule has 0 bridgehead atoms. The zero-order valence-electron chi connectivity index (χ0n) is 12.2. The number of aryl methyl sites for hydroxylation is 3. The molecule has 5 nitrogen and oxygen atoms in total. The van der Waals surface area contributed by atoms with Gasteiger partial charge in [-0.15, -0.1) is 10.2 Å². The molecular weight excluding hydrogens is 284 g/mol. The summed E-state index contributed by atoms with van der Waals surface area (Å²) in [6.45, 7) is 5.98. The molecule has 3 rings (SSSR count). The van der Waals surface area contributed by atoms with Crippen LogP contribution in [0.5, 0.6) is 0 Å². The molecule has 1 aromatic carbocycles. The fourth-order valence-electron chi connectivity index (χ4n) is 2.08. The van der Waals surface area contributed by atoms with Gasteiger partial charge in [0.2, 0.25) is 11.8 Å².